The van der Waals surface area contributed by atoms with Crippen molar-refractivity contribution in [1.82, 2.24) is 9.97 Å². The van der Waals surface area contributed by atoms with E-state index in [2.05, 4.69) is 9.97 Å². The molecule has 0 saturated heterocycles. The molecule has 0 bridgehead atoms. The summed E-state index contributed by atoms with van der Waals surface area (Å²) in [5, 5.41) is 9.23. The maximum Gasteiger partial charge on any atom is 0.232 e. The molecule has 0 aliphatic heterocycles. The van der Waals surface area contributed by atoms with E-state index < -0.39 is 0 Å². The molecule has 0 N–H and O–H groups in total. The Morgan fingerprint density at radius 3 is 1.87 bits per heavy atom. The fourth-order valence-corrected chi connectivity index (χ4v) is 1.96. The zero-order valence-corrected chi connectivity index (χ0v) is 15.2. The number of nitriles is 1. The topological polar surface area (TPSA) is 77.3 Å². The van der Waals surface area contributed by atoms with E-state index in [9.17, 15) is 5.26 Å². The molecule has 6 heteroatoms. The van der Waals surface area contributed by atoms with Crippen LogP contribution in [0.15, 0.2) is 0 Å². The highest BCUT2D eigenvalue weighted by molar-refractivity contribution is 5.42. The third kappa shape index (κ3) is 5.45. The van der Waals surface area contributed by atoms with E-state index >= 15 is 0 Å². The van der Waals surface area contributed by atoms with Crippen LogP contribution in [0.3, 0.4) is 0 Å². The molecule has 0 atom stereocenters. The van der Waals surface area contributed by atoms with Crippen LogP contribution in [0.4, 0.5) is 0 Å². The van der Waals surface area contributed by atoms with Gasteiger partial charge in [-0.25, -0.2) is 9.97 Å². The monoisotopic (exact) mass is 321 g/mol. The maximum atomic E-state index is 9.23. The van der Waals surface area contributed by atoms with Crippen LogP contribution >= 0.6 is 0 Å². The minimum absolute atomic E-state index is 0.0881. The first-order chi connectivity index (χ1) is 10.6. The third-order valence-corrected chi connectivity index (χ3v) is 3.10. The molecule has 6 nitrogen and oxygen atoms in total. The molecule has 0 saturated carbocycles. The zero-order valence-electron chi connectivity index (χ0n) is 15.2. The highest BCUT2D eigenvalue weighted by Crippen LogP contribution is 2.37. The average Bonchev–Trinajstić information content (AvgIpc) is 2.44. The van der Waals surface area contributed by atoms with Crippen molar-refractivity contribution in [2.45, 2.75) is 52.4 Å². The van der Waals surface area contributed by atoms with Gasteiger partial charge in [-0.15, -0.1) is 0 Å². The summed E-state index contributed by atoms with van der Waals surface area (Å²) >= 11 is 0. The standard InChI is InChI=1S/C17H27N3O3/c1-16(2,3)14-13(23-11-22-9-8-21-7)15(17(4,5)6)20-12(10-18)19-14/h8-9,11H2,1-7H3. The van der Waals surface area contributed by atoms with E-state index in [1.807, 2.05) is 47.6 Å². The first-order valence-corrected chi connectivity index (χ1v) is 7.64. The van der Waals surface area contributed by atoms with E-state index in [0.717, 1.165) is 0 Å². The van der Waals surface area contributed by atoms with Crippen molar-refractivity contribution in [1.29, 1.82) is 5.26 Å². The number of hydrogen-bond acceptors (Lipinski definition) is 6. The van der Waals surface area contributed by atoms with Gasteiger partial charge in [0.1, 0.15) is 6.07 Å². The van der Waals surface area contributed by atoms with Crippen molar-refractivity contribution in [2.75, 3.05) is 27.1 Å². The predicted octanol–water partition coefficient (Wildman–Crippen LogP) is 2.94. The van der Waals surface area contributed by atoms with Crippen molar-refractivity contribution in [3.63, 3.8) is 0 Å². The summed E-state index contributed by atoms with van der Waals surface area (Å²) in [5.41, 5.74) is 0.862. The van der Waals surface area contributed by atoms with E-state index in [-0.39, 0.29) is 23.4 Å². The van der Waals surface area contributed by atoms with Gasteiger partial charge in [0.25, 0.3) is 0 Å². The van der Waals surface area contributed by atoms with Gasteiger partial charge in [0.05, 0.1) is 24.6 Å². The summed E-state index contributed by atoms with van der Waals surface area (Å²) in [6.07, 6.45) is 0. The SMILES string of the molecule is COCCOCOc1c(C(C)(C)C)nc(C#N)nc1C(C)(C)C. The molecular weight excluding hydrogens is 294 g/mol. The van der Waals surface area contributed by atoms with Crippen LogP contribution in [-0.4, -0.2) is 37.1 Å². The van der Waals surface area contributed by atoms with Crippen LogP contribution in [-0.2, 0) is 20.3 Å². The van der Waals surface area contributed by atoms with Crippen molar-refractivity contribution in [3.8, 4) is 11.8 Å². The van der Waals surface area contributed by atoms with E-state index in [4.69, 9.17) is 14.2 Å². The average molecular weight is 321 g/mol. The van der Waals surface area contributed by atoms with Crippen molar-refractivity contribution >= 4 is 0 Å². The van der Waals surface area contributed by atoms with Gasteiger partial charge in [0, 0.05) is 17.9 Å². The van der Waals surface area contributed by atoms with Gasteiger partial charge in [-0.05, 0) is 0 Å². The maximum absolute atomic E-state index is 9.23. The second-order valence-electron chi connectivity index (χ2n) is 7.35. The lowest BCUT2D eigenvalue weighted by Gasteiger charge is -2.27. The Morgan fingerprint density at radius 1 is 0.957 bits per heavy atom. The molecule has 0 unspecified atom stereocenters. The molecular formula is C17H27N3O3. The summed E-state index contributed by atoms with van der Waals surface area (Å²) in [4.78, 5) is 8.75. The minimum Gasteiger partial charge on any atom is -0.464 e. The van der Waals surface area contributed by atoms with Crippen LogP contribution in [0.5, 0.6) is 5.75 Å². The van der Waals surface area contributed by atoms with Gasteiger partial charge in [-0.1, -0.05) is 41.5 Å². The molecule has 23 heavy (non-hydrogen) atoms. The normalized spacial score (nSPS) is 12.1. The Bertz CT molecular complexity index is 531. The molecule has 0 aliphatic rings. The molecule has 0 aromatic carbocycles. The largest absolute Gasteiger partial charge is 0.464 e. The number of methoxy groups -OCH3 is 1. The van der Waals surface area contributed by atoms with Gasteiger partial charge < -0.3 is 14.2 Å². The second-order valence-corrected chi connectivity index (χ2v) is 7.35. The first-order valence-electron chi connectivity index (χ1n) is 7.64. The molecule has 128 valence electrons. The molecule has 1 rings (SSSR count). The fourth-order valence-electron chi connectivity index (χ4n) is 1.96. The molecule has 1 aromatic heterocycles. The molecule has 0 aliphatic carbocycles. The van der Waals surface area contributed by atoms with Crippen LogP contribution in [0.25, 0.3) is 0 Å². The lowest BCUT2D eigenvalue weighted by Crippen LogP contribution is -2.24. The molecule has 0 fully saturated rings. The fraction of sp³-hybridized carbons (Fsp3) is 0.706. The Labute approximate surface area is 138 Å². The smallest absolute Gasteiger partial charge is 0.232 e. The zero-order chi connectivity index (χ0) is 17.7. The Kier molecular flexibility index (Phi) is 6.48. The minimum atomic E-state index is -0.281. The summed E-state index contributed by atoms with van der Waals surface area (Å²) in [5.74, 6) is 0.758. The van der Waals surface area contributed by atoms with Gasteiger partial charge >= 0.3 is 0 Å². The number of hydrogen-bond donors (Lipinski definition) is 0. The number of nitrogens with zero attached hydrogens (tertiary/aromatic N) is 3. The van der Waals surface area contributed by atoms with Gasteiger partial charge in [-0.3, -0.25) is 0 Å². The molecule has 1 heterocycles. The lowest BCUT2D eigenvalue weighted by molar-refractivity contribution is -0.0104. The van der Waals surface area contributed by atoms with E-state index in [1.165, 1.54) is 0 Å². The van der Waals surface area contributed by atoms with E-state index in [0.29, 0.717) is 30.4 Å². The van der Waals surface area contributed by atoms with Gasteiger partial charge in [0.15, 0.2) is 12.5 Å². The highest BCUT2D eigenvalue weighted by atomic mass is 16.7. The molecule has 1 aromatic rings. The lowest BCUT2D eigenvalue weighted by atomic mass is 9.85. The highest BCUT2D eigenvalue weighted by Gasteiger charge is 2.30. The summed E-state index contributed by atoms with van der Waals surface area (Å²) in [6.45, 7) is 13.2. The van der Waals surface area contributed by atoms with Gasteiger partial charge in [-0.2, -0.15) is 5.26 Å². The summed E-state index contributed by atoms with van der Waals surface area (Å²) < 4.78 is 16.2. The molecule has 0 radical (unpaired) electrons. The Balaban J connectivity index is 3.24. The summed E-state index contributed by atoms with van der Waals surface area (Å²) in [6, 6.07) is 2.04. The second kappa shape index (κ2) is 7.71. The number of aromatic nitrogens is 2. The van der Waals surface area contributed by atoms with Crippen LogP contribution < -0.4 is 4.74 Å². The first kappa shape index (κ1) is 19.3. The number of ether oxygens (including phenoxy) is 3. The quantitative estimate of drug-likeness (QED) is 0.592. The van der Waals surface area contributed by atoms with Crippen molar-refractivity contribution in [2.24, 2.45) is 0 Å². The van der Waals surface area contributed by atoms with Crippen LogP contribution in [0, 0.1) is 11.3 Å². The van der Waals surface area contributed by atoms with Gasteiger partial charge in [0.2, 0.25) is 5.82 Å². The Morgan fingerprint density at radius 2 is 1.48 bits per heavy atom. The molecule has 0 amide bonds. The van der Waals surface area contributed by atoms with E-state index in [1.54, 1.807) is 7.11 Å². The predicted molar refractivity (Wildman–Crippen MR) is 87.5 cm³/mol. The van der Waals surface area contributed by atoms with Crippen molar-refractivity contribution in [3.05, 3.63) is 17.2 Å². The number of rotatable bonds is 6. The third-order valence-electron chi connectivity index (χ3n) is 3.10. The van der Waals surface area contributed by atoms with Crippen LogP contribution in [0.1, 0.15) is 58.8 Å². The Hall–Kier alpha value is -1.71. The summed E-state index contributed by atoms with van der Waals surface area (Å²) in [7, 11) is 1.62. The molecule has 0 spiro atoms. The van der Waals surface area contributed by atoms with Crippen molar-refractivity contribution < 1.29 is 14.2 Å². The van der Waals surface area contributed by atoms with Crippen LogP contribution in [0.2, 0.25) is 0 Å².